The largest absolute Gasteiger partial charge is 0.241 e. The number of aromatic nitrogens is 1. The van der Waals surface area contributed by atoms with Crippen molar-refractivity contribution in [3.8, 4) is 11.8 Å². The van der Waals surface area contributed by atoms with E-state index in [9.17, 15) is 0 Å². The van der Waals surface area contributed by atoms with Gasteiger partial charge in [-0.15, -0.1) is 11.3 Å². The van der Waals surface area contributed by atoms with Crippen LogP contribution in [0.2, 0.25) is 0 Å². The summed E-state index contributed by atoms with van der Waals surface area (Å²) in [7, 11) is 0. The van der Waals surface area contributed by atoms with E-state index in [-0.39, 0.29) is 0 Å². The second-order valence-electron chi connectivity index (χ2n) is 2.36. The Bertz CT molecular complexity index is 363. The highest BCUT2D eigenvalue weighted by atomic mass is 32.1. The Morgan fingerprint density at radius 2 is 2.55 bits per heavy atom. The predicted molar refractivity (Wildman–Crippen MR) is 47.4 cm³/mol. The molecule has 1 aliphatic rings. The van der Waals surface area contributed by atoms with Crippen molar-refractivity contribution in [2.24, 2.45) is 0 Å². The van der Waals surface area contributed by atoms with Gasteiger partial charge in [0.2, 0.25) is 0 Å². The third-order valence-corrected chi connectivity index (χ3v) is 2.36. The summed E-state index contributed by atoms with van der Waals surface area (Å²) >= 11 is 1.67. The summed E-state index contributed by atoms with van der Waals surface area (Å²) in [5, 5.41) is 1.09. The van der Waals surface area contributed by atoms with Crippen LogP contribution in [0.15, 0.2) is 6.08 Å². The van der Waals surface area contributed by atoms with E-state index in [1.54, 1.807) is 11.3 Å². The highest BCUT2D eigenvalue weighted by molar-refractivity contribution is 7.12. The van der Waals surface area contributed by atoms with Crippen LogP contribution < -0.4 is 0 Å². The molecule has 1 aromatic heterocycles. The maximum absolute atomic E-state index is 4.34. The van der Waals surface area contributed by atoms with Crippen molar-refractivity contribution in [2.75, 3.05) is 0 Å². The van der Waals surface area contributed by atoms with Crippen molar-refractivity contribution in [1.29, 1.82) is 0 Å². The Labute approximate surface area is 69.8 Å². The molecule has 1 heterocycles. The summed E-state index contributed by atoms with van der Waals surface area (Å²) < 4.78 is 0. The van der Waals surface area contributed by atoms with Crippen molar-refractivity contribution in [2.45, 2.75) is 13.3 Å². The van der Waals surface area contributed by atoms with Crippen LogP contribution in [-0.4, -0.2) is 4.98 Å². The molecule has 0 saturated heterocycles. The molecule has 11 heavy (non-hydrogen) atoms. The minimum atomic E-state index is 0.849. The molecule has 0 aromatic carbocycles. The zero-order valence-electron chi connectivity index (χ0n) is 6.22. The summed E-state index contributed by atoms with van der Waals surface area (Å²) in [6, 6.07) is 0. The van der Waals surface area contributed by atoms with Gasteiger partial charge in [-0.3, -0.25) is 0 Å². The first-order valence-corrected chi connectivity index (χ1v) is 4.31. The van der Waals surface area contributed by atoms with E-state index in [2.05, 4.69) is 22.9 Å². The maximum atomic E-state index is 4.34. The molecule has 0 spiro atoms. The Morgan fingerprint density at radius 3 is 3.45 bits per heavy atom. The van der Waals surface area contributed by atoms with Crippen LogP contribution in [0, 0.1) is 18.8 Å². The first-order chi connectivity index (χ1) is 5.36. The summed E-state index contributed by atoms with van der Waals surface area (Å²) in [5.41, 5.74) is 1.04. The van der Waals surface area contributed by atoms with Gasteiger partial charge in [0.25, 0.3) is 0 Å². The van der Waals surface area contributed by atoms with Gasteiger partial charge in [0.05, 0.1) is 10.7 Å². The molecule has 0 N–H and O–H groups in total. The molecular weight excluding hydrogens is 154 g/mol. The summed E-state index contributed by atoms with van der Waals surface area (Å²) in [6.07, 6.45) is 4.94. The summed E-state index contributed by atoms with van der Waals surface area (Å²) in [5.74, 6) is 6.14. The lowest BCUT2D eigenvalue weighted by Gasteiger charge is -1.80. The van der Waals surface area contributed by atoms with E-state index < -0.39 is 0 Å². The van der Waals surface area contributed by atoms with Crippen molar-refractivity contribution in [3.05, 3.63) is 21.7 Å². The molecule has 2 rings (SSSR count). The second-order valence-corrected chi connectivity index (χ2v) is 3.56. The number of nitrogens with zero attached hydrogens (tertiary/aromatic N) is 1. The fourth-order valence-corrected chi connectivity index (χ4v) is 1.79. The lowest BCUT2D eigenvalue weighted by atomic mass is 10.3. The van der Waals surface area contributed by atoms with E-state index in [1.165, 1.54) is 0 Å². The van der Waals surface area contributed by atoms with Gasteiger partial charge in [-0.2, -0.15) is 0 Å². The minimum Gasteiger partial charge on any atom is -0.241 e. The number of hydrogen-bond donors (Lipinski definition) is 0. The molecule has 0 amide bonds. The average Bonchev–Trinajstić information content (AvgIpc) is 2.17. The van der Waals surface area contributed by atoms with Crippen LogP contribution in [0.4, 0.5) is 0 Å². The maximum Gasteiger partial charge on any atom is 0.104 e. The molecule has 0 aliphatic heterocycles. The third-order valence-electron chi connectivity index (χ3n) is 1.46. The van der Waals surface area contributed by atoms with Gasteiger partial charge in [-0.05, 0) is 13.0 Å². The summed E-state index contributed by atoms with van der Waals surface area (Å²) in [6.45, 7) is 2.01. The molecule has 0 unspecified atom stereocenters. The van der Waals surface area contributed by atoms with Crippen LogP contribution in [0.5, 0.6) is 0 Å². The van der Waals surface area contributed by atoms with Crippen LogP contribution >= 0.6 is 11.3 Å². The molecule has 1 aromatic rings. The number of hydrogen-bond acceptors (Lipinski definition) is 2. The van der Waals surface area contributed by atoms with E-state index in [4.69, 9.17) is 0 Å². The Morgan fingerprint density at radius 1 is 1.64 bits per heavy atom. The van der Waals surface area contributed by atoms with Gasteiger partial charge in [0.1, 0.15) is 4.88 Å². The molecule has 54 valence electrons. The average molecular weight is 161 g/mol. The van der Waals surface area contributed by atoms with E-state index >= 15 is 0 Å². The number of aryl methyl sites for hydroxylation is 1. The Balaban J connectivity index is 2.61. The molecule has 0 bridgehead atoms. The predicted octanol–water partition coefficient (Wildman–Crippen LogP) is 2.22. The summed E-state index contributed by atoms with van der Waals surface area (Å²) in [4.78, 5) is 5.45. The molecule has 2 heteroatoms. The molecule has 1 nitrogen and oxygen atoms in total. The molecule has 0 saturated carbocycles. The monoisotopic (exact) mass is 161 g/mol. The van der Waals surface area contributed by atoms with Crippen molar-refractivity contribution < 1.29 is 0 Å². The fraction of sp³-hybridized carbons (Fsp3) is 0.222. The zero-order chi connectivity index (χ0) is 7.68. The van der Waals surface area contributed by atoms with Gasteiger partial charge in [0.15, 0.2) is 0 Å². The molecule has 1 aliphatic carbocycles. The van der Waals surface area contributed by atoms with E-state index in [0.717, 1.165) is 22.0 Å². The van der Waals surface area contributed by atoms with Crippen LogP contribution in [0.3, 0.4) is 0 Å². The van der Waals surface area contributed by atoms with Gasteiger partial charge < -0.3 is 0 Å². The highest BCUT2D eigenvalue weighted by Crippen LogP contribution is 2.19. The molecule has 0 fully saturated rings. The normalized spacial score (nSPS) is 13.2. The fourth-order valence-electron chi connectivity index (χ4n) is 1.01. The van der Waals surface area contributed by atoms with Gasteiger partial charge in [0, 0.05) is 6.42 Å². The second kappa shape index (κ2) is 2.52. The highest BCUT2D eigenvalue weighted by Gasteiger charge is 2.03. The molecule has 0 radical (unpaired) electrons. The Kier molecular flexibility index (Phi) is 1.52. The first kappa shape index (κ1) is 6.63. The van der Waals surface area contributed by atoms with Gasteiger partial charge >= 0.3 is 0 Å². The molecule has 0 atom stereocenters. The quantitative estimate of drug-likeness (QED) is 0.532. The van der Waals surface area contributed by atoms with Crippen LogP contribution in [-0.2, 0) is 0 Å². The van der Waals surface area contributed by atoms with Crippen molar-refractivity contribution in [1.82, 2.24) is 4.98 Å². The van der Waals surface area contributed by atoms with Crippen molar-refractivity contribution >= 4 is 17.4 Å². The lowest BCUT2D eigenvalue weighted by Crippen LogP contribution is -1.73. The van der Waals surface area contributed by atoms with Crippen molar-refractivity contribution in [3.63, 3.8) is 0 Å². The number of thiazole rings is 1. The van der Waals surface area contributed by atoms with Crippen LogP contribution in [0.25, 0.3) is 6.08 Å². The first-order valence-electron chi connectivity index (χ1n) is 3.49. The van der Waals surface area contributed by atoms with E-state index in [1.807, 2.05) is 13.0 Å². The smallest absolute Gasteiger partial charge is 0.104 e. The van der Waals surface area contributed by atoms with Gasteiger partial charge in [-0.25, -0.2) is 4.98 Å². The standard InChI is InChI=1S/C9H7NS/c1-7-10-8-5-3-2-4-6-9(8)11-7/h3,5H,2H2,1H3. The number of allylic oxidation sites excluding steroid dienone is 1. The lowest BCUT2D eigenvalue weighted by molar-refractivity contribution is 1.27. The van der Waals surface area contributed by atoms with E-state index in [0.29, 0.717) is 0 Å². The Hall–Kier alpha value is -1.07. The number of rotatable bonds is 0. The molecular formula is C9H7NS. The zero-order valence-corrected chi connectivity index (χ0v) is 7.03. The van der Waals surface area contributed by atoms with Crippen LogP contribution in [0.1, 0.15) is 22.0 Å². The third kappa shape index (κ3) is 1.20. The van der Waals surface area contributed by atoms with Gasteiger partial charge in [-0.1, -0.05) is 17.9 Å². The topological polar surface area (TPSA) is 12.9 Å². The SMILES string of the molecule is Cc1nc2c(s1)C#CCC=C2. The number of fused-ring (bicyclic) bond motifs is 1. The minimum absolute atomic E-state index is 0.849.